The lowest BCUT2D eigenvalue weighted by molar-refractivity contribution is 1.03. The lowest BCUT2D eigenvalue weighted by Crippen LogP contribution is -1.87. The summed E-state index contributed by atoms with van der Waals surface area (Å²) in [6.45, 7) is 0. The maximum absolute atomic E-state index is 4.15. The minimum Gasteiger partial charge on any atom is -0.255 e. The average Bonchev–Trinajstić information content (AvgIpc) is 2.71. The Kier molecular flexibility index (Phi) is 7.14. The van der Waals surface area contributed by atoms with Crippen LogP contribution in [0.25, 0.3) is 22.8 Å². The first-order chi connectivity index (χ1) is 11.9. The molecule has 0 saturated carbocycles. The molecule has 0 amide bonds. The summed E-state index contributed by atoms with van der Waals surface area (Å²) < 4.78 is 0. The van der Waals surface area contributed by atoms with Crippen LogP contribution in [0, 0.1) is 0 Å². The molecule has 6 nitrogen and oxygen atoms in total. The Hall–Kier alpha value is -3.19. The van der Waals surface area contributed by atoms with Crippen LogP contribution in [0.15, 0.2) is 85.5 Å². The molecule has 0 bridgehead atoms. The molecular formula is C18H16N6S. The van der Waals surface area contributed by atoms with Crippen LogP contribution in [0.4, 0.5) is 0 Å². The van der Waals surface area contributed by atoms with Crippen LogP contribution < -0.4 is 0 Å². The first kappa shape index (κ1) is 18.2. The van der Waals surface area contributed by atoms with E-state index in [9.17, 15) is 0 Å². The fourth-order valence-electron chi connectivity index (χ4n) is 1.90. The molecule has 0 aromatic carbocycles. The second kappa shape index (κ2) is 9.84. The lowest BCUT2D eigenvalue weighted by atomic mass is 10.2. The summed E-state index contributed by atoms with van der Waals surface area (Å²) >= 11 is 0. The molecule has 0 unspecified atom stereocenters. The maximum Gasteiger partial charge on any atom is 0.111 e. The van der Waals surface area contributed by atoms with Crippen molar-refractivity contribution < 1.29 is 0 Å². The van der Waals surface area contributed by atoms with Crippen molar-refractivity contribution in [3.05, 3.63) is 85.5 Å². The number of aromatic nitrogens is 6. The van der Waals surface area contributed by atoms with E-state index in [1.54, 1.807) is 24.8 Å². The third kappa shape index (κ3) is 5.43. The molecule has 0 radical (unpaired) electrons. The van der Waals surface area contributed by atoms with Crippen LogP contribution in [0.2, 0.25) is 0 Å². The summed E-state index contributed by atoms with van der Waals surface area (Å²) in [6.07, 6.45) is 6.77. The molecule has 4 heterocycles. The summed E-state index contributed by atoms with van der Waals surface area (Å²) in [4.78, 5) is 8.29. The first-order valence-electron chi connectivity index (χ1n) is 7.32. The van der Waals surface area contributed by atoms with Crippen LogP contribution in [0.3, 0.4) is 0 Å². The van der Waals surface area contributed by atoms with Gasteiger partial charge in [-0.2, -0.15) is 23.7 Å². The number of hydrogen-bond donors (Lipinski definition) is 0. The van der Waals surface area contributed by atoms with Gasteiger partial charge >= 0.3 is 0 Å². The molecule has 0 aliphatic heterocycles. The van der Waals surface area contributed by atoms with Gasteiger partial charge < -0.3 is 0 Å². The Morgan fingerprint density at radius 1 is 0.440 bits per heavy atom. The summed E-state index contributed by atoms with van der Waals surface area (Å²) in [5.74, 6) is 0. The zero-order valence-electron chi connectivity index (χ0n) is 13.3. The van der Waals surface area contributed by atoms with Crippen molar-refractivity contribution in [2.75, 3.05) is 0 Å². The summed E-state index contributed by atoms with van der Waals surface area (Å²) in [5.41, 5.74) is 3.31. The molecule has 4 aromatic heterocycles. The van der Waals surface area contributed by atoms with Crippen molar-refractivity contribution in [2.24, 2.45) is 0 Å². The highest BCUT2D eigenvalue weighted by atomic mass is 32.1. The second-order valence-electron chi connectivity index (χ2n) is 4.65. The quantitative estimate of drug-likeness (QED) is 0.554. The zero-order valence-corrected chi connectivity index (χ0v) is 14.3. The number of hydrogen-bond acceptors (Lipinski definition) is 6. The lowest BCUT2D eigenvalue weighted by Gasteiger charge is -1.95. The summed E-state index contributed by atoms with van der Waals surface area (Å²) in [7, 11) is 0. The van der Waals surface area contributed by atoms with Gasteiger partial charge in [0.05, 0.1) is 11.4 Å². The van der Waals surface area contributed by atoms with Gasteiger partial charge in [-0.25, -0.2) is 0 Å². The maximum atomic E-state index is 4.15. The minimum absolute atomic E-state index is 0. The Balaban J connectivity index is 0.000000173. The van der Waals surface area contributed by atoms with Crippen molar-refractivity contribution in [1.82, 2.24) is 30.4 Å². The van der Waals surface area contributed by atoms with Crippen molar-refractivity contribution in [2.45, 2.75) is 0 Å². The van der Waals surface area contributed by atoms with Gasteiger partial charge in [-0.05, 0) is 48.5 Å². The molecule has 0 N–H and O–H groups in total. The fourth-order valence-corrected chi connectivity index (χ4v) is 1.90. The van der Waals surface area contributed by atoms with Gasteiger partial charge in [0, 0.05) is 24.8 Å². The van der Waals surface area contributed by atoms with E-state index in [0.29, 0.717) is 0 Å². The van der Waals surface area contributed by atoms with E-state index in [-0.39, 0.29) is 13.5 Å². The summed E-state index contributed by atoms with van der Waals surface area (Å²) in [6, 6.07) is 18.9. The van der Waals surface area contributed by atoms with E-state index in [0.717, 1.165) is 22.8 Å². The monoisotopic (exact) mass is 348 g/mol. The van der Waals surface area contributed by atoms with Crippen LogP contribution >= 0.6 is 13.5 Å². The van der Waals surface area contributed by atoms with Gasteiger partial charge in [0.25, 0.3) is 0 Å². The van der Waals surface area contributed by atoms with Gasteiger partial charge in [0.2, 0.25) is 0 Å². The van der Waals surface area contributed by atoms with Crippen LogP contribution in [0.5, 0.6) is 0 Å². The Morgan fingerprint density at radius 2 is 0.880 bits per heavy atom. The standard InChI is InChI=1S/2C9H7N3.H2S/c2*1-2-6-10-8(4-1)9-5-3-7-11-12-9;/h2*1-7H;1H2. The minimum atomic E-state index is 0. The van der Waals surface area contributed by atoms with E-state index in [1.165, 1.54) is 0 Å². The third-order valence-corrected chi connectivity index (χ3v) is 3.00. The van der Waals surface area contributed by atoms with Crippen LogP contribution in [0.1, 0.15) is 0 Å². The third-order valence-electron chi connectivity index (χ3n) is 3.00. The molecular weight excluding hydrogens is 332 g/mol. The topological polar surface area (TPSA) is 77.3 Å². The van der Waals surface area contributed by atoms with Gasteiger partial charge in [0.1, 0.15) is 11.4 Å². The number of rotatable bonds is 2. The highest BCUT2D eigenvalue weighted by Crippen LogP contribution is 2.10. The predicted molar refractivity (Wildman–Crippen MR) is 101 cm³/mol. The molecule has 4 aromatic rings. The first-order valence-corrected chi connectivity index (χ1v) is 7.32. The van der Waals surface area contributed by atoms with E-state index in [4.69, 9.17) is 0 Å². The summed E-state index contributed by atoms with van der Waals surface area (Å²) in [5, 5.41) is 15.4. The number of pyridine rings is 2. The van der Waals surface area contributed by atoms with E-state index in [1.807, 2.05) is 60.7 Å². The Labute approximate surface area is 152 Å². The smallest absolute Gasteiger partial charge is 0.111 e. The van der Waals surface area contributed by atoms with E-state index >= 15 is 0 Å². The van der Waals surface area contributed by atoms with Crippen LogP contribution in [-0.4, -0.2) is 30.4 Å². The molecule has 124 valence electrons. The molecule has 0 atom stereocenters. The number of nitrogens with zero attached hydrogens (tertiary/aromatic N) is 6. The van der Waals surface area contributed by atoms with Crippen molar-refractivity contribution >= 4 is 13.5 Å². The van der Waals surface area contributed by atoms with Crippen LogP contribution in [-0.2, 0) is 0 Å². The van der Waals surface area contributed by atoms with Gasteiger partial charge in [-0.15, -0.1) is 10.2 Å². The molecule has 25 heavy (non-hydrogen) atoms. The predicted octanol–water partition coefficient (Wildman–Crippen LogP) is 3.19. The van der Waals surface area contributed by atoms with Crippen molar-refractivity contribution in [3.8, 4) is 22.8 Å². The SMILES string of the molecule is S.c1ccc(-c2cccnn2)nc1.c1ccc(-c2cccnn2)nc1. The average molecular weight is 348 g/mol. The fraction of sp³-hybridized carbons (Fsp3) is 0. The molecule has 0 fully saturated rings. The largest absolute Gasteiger partial charge is 0.255 e. The van der Waals surface area contributed by atoms with Gasteiger partial charge in [-0.3, -0.25) is 9.97 Å². The molecule has 0 saturated heterocycles. The highest BCUT2D eigenvalue weighted by Gasteiger charge is 1.97. The molecule has 0 aliphatic carbocycles. The van der Waals surface area contributed by atoms with Gasteiger partial charge in [0.15, 0.2) is 0 Å². The highest BCUT2D eigenvalue weighted by molar-refractivity contribution is 7.59. The van der Waals surface area contributed by atoms with Crippen molar-refractivity contribution in [3.63, 3.8) is 0 Å². The zero-order chi connectivity index (χ0) is 16.5. The molecule has 7 heteroatoms. The normalized spacial score (nSPS) is 9.28. The Bertz CT molecular complexity index is 695. The second-order valence-corrected chi connectivity index (χ2v) is 4.65. The molecule has 4 rings (SSSR count). The van der Waals surface area contributed by atoms with Gasteiger partial charge in [-0.1, -0.05) is 12.1 Å². The Morgan fingerprint density at radius 3 is 1.20 bits per heavy atom. The van der Waals surface area contributed by atoms with Crippen molar-refractivity contribution in [1.29, 1.82) is 0 Å². The molecule has 0 aliphatic rings. The molecule has 0 spiro atoms. The van der Waals surface area contributed by atoms with E-state index in [2.05, 4.69) is 30.4 Å². The van der Waals surface area contributed by atoms with E-state index < -0.39 is 0 Å².